The molecule has 0 radical (unpaired) electrons. The molecule has 0 bridgehead atoms. The second-order valence-electron chi connectivity index (χ2n) is 7.21. The first-order valence-corrected chi connectivity index (χ1v) is 10.7. The van der Waals surface area contributed by atoms with Crippen LogP contribution in [0.4, 0.5) is 5.82 Å². The molecule has 0 unspecified atom stereocenters. The Morgan fingerprint density at radius 3 is 2.55 bits per heavy atom. The molecule has 2 aromatic carbocycles. The van der Waals surface area contributed by atoms with Gasteiger partial charge in [0.15, 0.2) is 5.16 Å². The minimum absolute atomic E-state index is 0.137. The number of amides is 1. The molecule has 1 aliphatic heterocycles. The molecule has 0 aliphatic carbocycles. The molecular formula is C23H21N3O4S. The van der Waals surface area contributed by atoms with Crippen molar-refractivity contribution in [3.63, 3.8) is 0 Å². The number of thioether (sulfide) groups is 1. The molecule has 1 aliphatic rings. The number of carbonyl (C=O) groups is 2. The summed E-state index contributed by atoms with van der Waals surface area (Å²) in [4.78, 5) is 41.5. The van der Waals surface area contributed by atoms with Gasteiger partial charge in [-0.2, -0.15) is 4.98 Å². The lowest BCUT2D eigenvalue weighted by Crippen LogP contribution is -2.33. The molecule has 0 fully saturated rings. The average Bonchev–Trinajstić information content (AvgIpc) is 2.80. The van der Waals surface area contributed by atoms with Crippen LogP contribution in [0.15, 0.2) is 64.5 Å². The van der Waals surface area contributed by atoms with Crippen LogP contribution >= 0.6 is 11.8 Å². The van der Waals surface area contributed by atoms with E-state index in [4.69, 9.17) is 4.74 Å². The summed E-state index contributed by atoms with van der Waals surface area (Å²) in [7, 11) is 3.11. The molecular weight excluding hydrogens is 414 g/mol. The molecule has 1 aromatic heterocycles. The molecule has 7 nitrogen and oxygen atoms in total. The van der Waals surface area contributed by atoms with Crippen LogP contribution in [0, 0.1) is 0 Å². The van der Waals surface area contributed by atoms with E-state index in [1.54, 1.807) is 35.9 Å². The van der Waals surface area contributed by atoms with Crippen molar-refractivity contribution in [3.05, 3.63) is 87.2 Å². The number of aromatic nitrogens is 2. The van der Waals surface area contributed by atoms with Crippen molar-refractivity contribution in [2.24, 2.45) is 7.05 Å². The van der Waals surface area contributed by atoms with Crippen LogP contribution in [0.2, 0.25) is 0 Å². The number of anilines is 1. The number of carbonyl (C=O) groups excluding carboxylic acids is 2. The summed E-state index contributed by atoms with van der Waals surface area (Å²) in [6.45, 7) is 0. The van der Waals surface area contributed by atoms with E-state index in [9.17, 15) is 14.4 Å². The Hall–Kier alpha value is -3.39. The number of hydrogen-bond acceptors (Lipinski definition) is 6. The van der Waals surface area contributed by atoms with Crippen molar-refractivity contribution < 1.29 is 14.3 Å². The summed E-state index contributed by atoms with van der Waals surface area (Å²) < 4.78 is 6.49. The Kier molecular flexibility index (Phi) is 5.90. The highest BCUT2D eigenvalue weighted by atomic mass is 32.2. The SMILES string of the molecule is COC(=O)c1ccc([C@@H]2CC(=O)Nc3c2c(=O)nc(SCc2ccccc2)n3C)cc1. The molecule has 158 valence electrons. The molecule has 0 saturated heterocycles. The molecule has 31 heavy (non-hydrogen) atoms. The van der Waals surface area contributed by atoms with E-state index >= 15 is 0 Å². The minimum atomic E-state index is -0.439. The average molecular weight is 436 g/mol. The zero-order valence-electron chi connectivity index (χ0n) is 17.1. The monoisotopic (exact) mass is 435 g/mol. The Balaban J connectivity index is 1.69. The number of nitrogens with one attached hydrogen (secondary N) is 1. The van der Waals surface area contributed by atoms with Gasteiger partial charge in [0.2, 0.25) is 5.91 Å². The zero-order valence-corrected chi connectivity index (χ0v) is 17.9. The van der Waals surface area contributed by atoms with Gasteiger partial charge in [0.05, 0.1) is 18.2 Å². The fourth-order valence-electron chi connectivity index (χ4n) is 3.64. The Bertz CT molecular complexity index is 1190. The lowest BCUT2D eigenvalue weighted by Gasteiger charge is -2.27. The molecule has 2 heterocycles. The van der Waals surface area contributed by atoms with Crippen LogP contribution in [-0.4, -0.2) is 28.5 Å². The highest BCUT2D eigenvalue weighted by Gasteiger charge is 2.32. The van der Waals surface area contributed by atoms with E-state index in [1.807, 2.05) is 30.3 Å². The lowest BCUT2D eigenvalue weighted by molar-refractivity contribution is -0.116. The number of ether oxygens (including phenoxy) is 1. The number of nitrogens with zero attached hydrogens (tertiary/aromatic N) is 2. The largest absolute Gasteiger partial charge is 0.465 e. The van der Waals surface area contributed by atoms with Crippen molar-refractivity contribution in [2.75, 3.05) is 12.4 Å². The second kappa shape index (κ2) is 8.77. The Labute approximate surface area is 183 Å². The molecule has 1 N–H and O–H groups in total. The van der Waals surface area contributed by atoms with Gasteiger partial charge in [-0.15, -0.1) is 0 Å². The smallest absolute Gasteiger partial charge is 0.337 e. The van der Waals surface area contributed by atoms with E-state index in [0.717, 1.165) is 11.1 Å². The first kappa shape index (κ1) is 20.9. The number of methoxy groups -OCH3 is 1. The van der Waals surface area contributed by atoms with Crippen molar-refractivity contribution >= 4 is 29.5 Å². The van der Waals surface area contributed by atoms with Gasteiger partial charge in [0.25, 0.3) is 5.56 Å². The Morgan fingerprint density at radius 2 is 1.87 bits per heavy atom. The first-order valence-electron chi connectivity index (χ1n) is 9.73. The van der Waals surface area contributed by atoms with E-state index in [1.165, 1.54) is 18.9 Å². The number of fused-ring (bicyclic) bond motifs is 1. The van der Waals surface area contributed by atoms with Crippen LogP contribution in [0.1, 0.15) is 39.4 Å². The van der Waals surface area contributed by atoms with Crippen LogP contribution < -0.4 is 10.9 Å². The zero-order chi connectivity index (χ0) is 22.0. The molecule has 8 heteroatoms. The molecule has 4 rings (SSSR count). The van der Waals surface area contributed by atoms with E-state index in [0.29, 0.717) is 27.9 Å². The maximum atomic E-state index is 13.0. The number of benzene rings is 2. The molecule has 0 saturated carbocycles. The standard InChI is InChI=1S/C23H21N3O4S/c1-26-20-19(21(28)25-23(26)31-13-14-6-4-3-5-7-14)17(12-18(27)24-20)15-8-10-16(11-9-15)22(29)30-2/h3-11,17H,12-13H2,1-2H3,(H,24,27)/t17-/m0/s1. The van der Waals surface area contributed by atoms with Crippen LogP contribution in [0.5, 0.6) is 0 Å². The third-order valence-electron chi connectivity index (χ3n) is 5.25. The molecule has 1 amide bonds. The summed E-state index contributed by atoms with van der Waals surface area (Å²) in [6.07, 6.45) is 0.137. The first-order chi connectivity index (χ1) is 15.0. The molecule has 3 aromatic rings. The molecule has 0 spiro atoms. The summed E-state index contributed by atoms with van der Waals surface area (Å²) >= 11 is 1.44. The molecule has 1 atom stereocenters. The second-order valence-corrected chi connectivity index (χ2v) is 8.16. The van der Waals surface area contributed by atoms with Gasteiger partial charge >= 0.3 is 5.97 Å². The predicted octanol–water partition coefficient (Wildman–Crippen LogP) is 3.33. The van der Waals surface area contributed by atoms with E-state index < -0.39 is 11.9 Å². The third-order valence-corrected chi connectivity index (χ3v) is 6.35. The van der Waals surface area contributed by atoms with E-state index in [-0.39, 0.29) is 17.9 Å². The summed E-state index contributed by atoms with van der Waals surface area (Å²) in [5.41, 5.74) is 2.40. The number of rotatable bonds is 5. The highest BCUT2D eigenvalue weighted by molar-refractivity contribution is 7.98. The van der Waals surface area contributed by atoms with Crippen molar-refractivity contribution in [1.29, 1.82) is 0 Å². The van der Waals surface area contributed by atoms with Crippen LogP contribution in [0.3, 0.4) is 0 Å². The normalized spacial score (nSPS) is 15.2. The lowest BCUT2D eigenvalue weighted by atomic mass is 9.86. The summed E-state index contributed by atoms with van der Waals surface area (Å²) in [6, 6.07) is 16.7. The minimum Gasteiger partial charge on any atom is -0.465 e. The van der Waals surface area contributed by atoms with Gasteiger partial charge in [0, 0.05) is 25.1 Å². The quantitative estimate of drug-likeness (QED) is 0.376. The van der Waals surface area contributed by atoms with Crippen LogP contribution in [-0.2, 0) is 22.3 Å². The van der Waals surface area contributed by atoms with Gasteiger partial charge < -0.3 is 14.6 Å². The topological polar surface area (TPSA) is 90.3 Å². The van der Waals surface area contributed by atoms with E-state index in [2.05, 4.69) is 10.3 Å². The van der Waals surface area contributed by atoms with Gasteiger partial charge in [-0.05, 0) is 23.3 Å². The van der Waals surface area contributed by atoms with Gasteiger partial charge in [-0.25, -0.2) is 4.79 Å². The van der Waals surface area contributed by atoms with Crippen LogP contribution in [0.25, 0.3) is 0 Å². The number of esters is 1. The third kappa shape index (κ3) is 4.25. The summed E-state index contributed by atoms with van der Waals surface area (Å²) in [5, 5.41) is 3.38. The van der Waals surface area contributed by atoms with Crippen molar-refractivity contribution in [2.45, 2.75) is 23.2 Å². The predicted molar refractivity (Wildman–Crippen MR) is 118 cm³/mol. The fraction of sp³-hybridized carbons (Fsp3) is 0.217. The van der Waals surface area contributed by atoms with Gasteiger partial charge in [0.1, 0.15) is 5.82 Å². The summed E-state index contributed by atoms with van der Waals surface area (Å²) in [5.74, 6) is 0.0798. The maximum Gasteiger partial charge on any atom is 0.337 e. The highest BCUT2D eigenvalue weighted by Crippen LogP contribution is 2.36. The maximum absolute atomic E-state index is 13.0. The van der Waals surface area contributed by atoms with Gasteiger partial charge in [-0.1, -0.05) is 54.2 Å². The van der Waals surface area contributed by atoms with Gasteiger partial charge in [-0.3, -0.25) is 9.59 Å². The van der Waals surface area contributed by atoms with Crippen molar-refractivity contribution in [1.82, 2.24) is 9.55 Å². The number of hydrogen-bond donors (Lipinski definition) is 1. The Morgan fingerprint density at radius 1 is 1.16 bits per heavy atom. The van der Waals surface area contributed by atoms with Crippen molar-refractivity contribution in [3.8, 4) is 0 Å². The fourth-order valence-corrected chi connectivity index (χ4v) is 4.56.